The first-order valence-corrected chi connectivity index (χ1v) is 6.30. The number of nitrogens with zero attached hydrogens (tertiary/aromatic N) is 1. The fraction of sp³-hybridized carbons (Fsp3) is 0.357. The molecule has 0 radical (unpaired) electrons. The first-order chi connectivity index (χ1) is 9.44. The van der Waals surface area contributed by atoms with Gasteiger partial charge in [0.2, 0.25) is 0 Å². The minimum absolute atomic E-state index is 0.143. The van der Waals surface area contributed by atoms with Gasteiger partial charge in [0.25, 0.3) is 10.9 Å². The lowest BCUT2D eigenvalue weighted by molar-refractivity contribution is 0.234. The molecule has 0 unspecified atom stereocenters. The molecule has 1 aromatic heterocycles. The summed E-state index contributed by atoms with van der Waals surface area (Å²) in [4.78, 5) is 27.1. The van der Waals surface area contributed by atoms with Crippen LogP contribution in [0.3, 0.4) is 0 Å². The molecule has 2 aromatic rings. The summed E-state index contributed by atoms with van der Waals surface area (Å²) in [6, 6.07) is 3.65. The highest BCUT2D eigenvalue weighted by molar-refractivity contribution is 5.74. The summed E-state index contributed by atoms with van der Waals surface area (Å²) < 4.78 is 0. The number of aliphatic hydroxyl groups is 1. The second kappa shape index (κ2) is 5.42. The topological polar surface area (TPSA) is 91.3 Å². The van der Waals surface area contributed by atoms with Gasteiger partial charge in [-0.1, -0.05) is 0 Å². The van der Waals surface area contributed by atoms with Crippen molar-refractivity contribution in [2.45, 2.75) is 25.9 Å². The van der Waals surface area contributed by atoms with Crippen molar-refractivity contribution < 1.29 is 5.11 Å². The molecule has 2 rings (SSSR count). The van der Waals surface area contributed by atoms with Gasteiger partial charge in [0.1, 0.15) is 11.4 Å². The minimum atomic E-state index is -0.657. The largest absolute Gasteiger partial charge is 0.394 e. The van der Waals surface area contributed by atoms with E-state index in [-0.39, 0.29) is 18.0 Å². The van der Waals surface area contributed by atoms with Gasteiger partial charge in [-0.2, -0.15) is 0 Å². The van der Waals surface area contributed by atoms with Crippen LogP contribution in [0, 0.1) is 0 Å². The summed E-state index contributed by atoms with van der Waals surface area (Å²) in [7, 11) is 0. The maximum atomic E-state index is 11.6. The van der Waals surface area contributed by atoms with Crippen LogP contribution in [0.2, 0.25) is 0 Å². The second-order valence-electron chi connectivity index (χ2n) is 5.28. The Morgan fingerprint density at radius 2 is 1.75 bits per heavy atom. The summed E-state index contributed by atoms with van der Waals surface area (Å²) >= 11 is 0. The van der Waals surface area contributed by atoms with Crippen molar-refractivity contribution in [2.75, 3.05) is 17.2 Å². The van der Waals surface area contributed by atoms with E-state index >= 15 is 0 Å². The first-order valence-electron chi connectivity index (χ1n) is 6.30. The molecule has 0 aliphatic carbocycles. The lowest BCUT2D eigenvalue weighted by Crippen LogP contribution is -2.44. The first kappa shape index (κ1) is 14.2. The molecule has 0 spiro atoms. The van der Waals surface area contributed by atoms with Crippen molar-refractivity contribution in [3.05, 3.63) is 50.5 Å². The monoisotopic (exact) mass is 275 g/mol. The van der Waals surface area contributed by atoms with E-state index in [1.807, 2.05) is 12.1 Å². The Bertz CT molecular complexity index is 658. The van der Waals surface area contributed by atoms with Crippen molar-refractivity contribution in [3.63, 3.8) is 0 Å². The van der Waals surface area contributed by atoms with Crippen LogP contribution in [-0.2, 0) is 6.54 Å². The molecule has 0 saturated heterocycles. The molecule has 6 heteroatoms. The Balaban J connectivity index is 2.12. The van der Waals surface area contributed by atoms with Crippen molar-refractivity contribution in [1.29, 1.82) is 0 Å². The van der Waals surface area contributed by atoms with E-state index in [9.17, 15) is 14.7 Å². The summed E-state index contributed by atoms with van der Waals surface area (Å²) in [6.07, 6.45) is 3.32. The van der Waals surface area contributed by atoms with E-state index < -0.39 is 16.4 Å². The van der Waals surface area contributed by atoms with Crippen LogP contribution < -0.4 is 21.5 Å². The van der Waals surface area contributed by atoms with E-state index in [0.717, 1.165) is 5.56 Å². The molecular formula is C14H17N3O3. The fourth-order valence-corrected chi connectivity index (χ4v) is 1.75. The molecule has 20 heavy (non-hydrogen) atoms. The van der Waals surface area contributed by atoms with E-state index in [1.54, 1.807) is 26.2 Å². The molecule has 0 aliphatic rings. The number of anilines is 2. The third kappa shape index (κ3) is 2.85. The summed E-state index contributed by atoms with van der Waals surface area (Å²) in [5.41, 5.74) is -0.272. The highest BCUT2D eigenvalue weighted by atomic mass is 16.3. The zero-order valence-corrected chi connectivity index (χ0v) is 11.4. The van der Waals surface area contributed by atoms with Crippen LogP contribution in [0.1, 0.15) is 19.4 Å². The Labute approximate surface area is 116 Å². The van der Waals surface area contributed by atoms with Gasteiger partial charge < -0.3 is 15.7 Å². The number of nitrogens with one attached hydrogen (secondary N) is 2. The van der Waals surface area contributed by atoms with E-state index in [4.69, 9.17) is 0 Å². The van der Waals surface area contributed by atoms with Gasteiger partial charge in [-0.3, -0.25) is 14.6 Å². The summed E-state index contributed by atoms with van der Waals surface area (Å²) in [5, 5.41) is 15.0. The molecule has 6 nitrogen and oxygen atoms in total. The van der Waals surface area contributed by atoms with Gasteiger partial charge in [0, 0.05) is 18.9 Å². The third-order valence-corrected chi connectivity index (χ3v) is 2.99. The molecule has 0 bridgehead atoms. The normalized spacial score (nSPS) is 11.6. The second-order valence-corrected chi connectivity index (χ2v) is 5.28. The van der Waals surface area contributed by atoms with Crippen LogP contribution >= 0.6 is 0 Å². The summed E-state index contributed by atoms with van der Waals surface area (Å²) in [6.45, 7) is 3.78. The molecule has 106 valence electrons. The average Bonchev–Trinajstić information content (AvgIpc) is 2.47. The van der Waals surface area contributed by atoms with Crippen molar-refractivity contribution in [2.24, 2.45) is 0 Å². The number of aromatic nitrogens is 1. The number of hydrogen-bond donors (Lipinski definition) is 3. The number of aliphatic hydroxyl groups excluding tert-OH is 1. The maximum Gasteiger partial charge on any atom is 0.253 e. The molecule has 0 fully saturated rings. The van der Waals surface area contributed by atoms with Gasteiger partial charge in [0.15, 0.2) is 0 Å². The quantitative estimate of drug-likeness (QED) is 0.664. The number of rotatable bonds is 6. The Morgan fingerprint density at radius 1 is 1.15 bits per heavy atom. The Hall–Kier alpha value is -2.21. The standard InChI is InChI=1S/C14H17N3O3/c1-14(2,8-18)17-11-10(12(19)13(11)20)16-7-9-3-5-15-6-4-9/h3-6,16-18H,7-8H2,1-2H3. The van der Waals surface area contributed by atoms with Crippen LogP contribution in [0.4, 0.5) is 11.4 Å². The van der Waals surface area contributed by atoms with Crippen LogP contribution in [-0.4, -0.2) is 22.2 Å². The van der Waals surface area contributed by atoms with Gasteiger partial charge >= 0.3 is 0 Å². The lowest BCUT2D eigenvalue weighted by Gasteiger charge is -2.27. The highest BCUT2D eigenvalue weighted by Crippen LogP contribution is 2.20. The van der Waals surface area contributed by atoms with Gasteiger partial charge in [-0.15, -0.1) is 0 Å². The van der Waals surface area contributed by atoms with Crippen molar-refractivity contribution in [1.82, 2.24) is 4.98 Å². The van der Waals surface area contributed by atoms with Crippen LogP contribution in [0.25, 0.3) is 0 Å². The highest BCUT2D eigenvalue weighted by Gasteiger charge is 2.26. The molecule has 0 aliphatic heterocycles. The zero-order chi connectivity index (χ0) is 14.8. The molecule has 0 saturated carbocycles. The molecule has 1 heterocycles. The predicted octanol–water partition coefficient (Wildman–Crippen LogP) is 0.473. The maximum absolute atomic E-state index is 11.6. The zero-order valence-electron chi connectivity index (χ0n) is 11.4. The van der Waals surface area contributed by atoms with Gasteiger partial charge in [-0.25, -0.2) is 0 Å². The lowest BCUT2D eigenvalue weighted by atomic mass is 10.0. The van der Waals surface area contributed by atoms with E-state index in [0.29, 0.717) is 6.54 Å². The SMILES string of the molecule is CC(C)(CO)Nc1c(NCc2ccncc2)c(=O)c1=O. The average molecular weight is 275 g/mol. The van der Waals surface area contributed by atoms with Crippen LogP contribution in [0.5, 0.6) is 0 Å². The smallest absolute Gasteiger partial charge is 0.253 e. The van der Waals surface area contributed by atoms with Crippen molar-refractivity contribution in [3.8, 4) is 0 Å². The Morgan fingerprint density at radius 3 is 2.35 bits per heavy atom. The number of pyridine rings is 1. The summed E-state index contributed by atoms with van der Waals surface area (Å²) in [5.74, 6) is 0. The Kier molecular flexibility index (Phi) is 3.85. The van der Waals surface area contributed by atoms with Crippen LogP contribution in [0.15, 0.2) is 34.1 Å². The third-order valence-electron chi connectivity index (χ3n) is 2.99. The fourth-order valence-electron chi connectivity index (χ4n) is 1.75. The predicted molar refractivity (Wildman–Crippen MR) is 77.7 cm³/mol. The number of hydrogen-bond acceptors (Lipinski definition) is 6. The molecule has 0 amide bonds. The minimum Gasteiger partial charge on any atom is -0.394 e. The van der Waals surface area contributed by atoms with Gasteiger partial charge in [0.05, 0.1) is 12.1 Å². The van der Waals surface area contributed by atoms with Crippen molar-refractivity contribution >= 4 is 11.4 Å². The van der Waals surface area contributed by atoms with E-state index in [1.165, 1.54) is 0 Å². The molecule has 0 atom stereocenters. The molecule has 3 N–H and O–H groups in total. The molecular weight excluding hydrogens is 258 g/mol. The van der Waals surface area contributed by atoms with E-state index in [2.05, 4.69) is 15.6 Å². The molecule has 1 aromatic carbocycles. The van der Waals surface area contributed by atoms with Gasteiger partial charge in [-0.05, 0) is 31.5 Å².